The number of halogens is 2. The topological polar surface area (TPSA) is 76.2 Å². The molecule has 14 heavy (non-hydrogen) atoms. The maximum atomic E-state index is 12.4. The van der Waals surface area contributed by atoms with Crippen molar-refractivity contribution in [2.45, 2.75) is 13.3 Å². The maximum absolute atomic E-state index is 12.4. The Labute approximate surface area is 78.4 Å². The number of aryl methyl sites for hydroxylation is 1. The van der Waals surface area contributed by atoms with Crippen LogP contribution in [0.2, 0.25) is 0 Å². The largest absolute Gasteiger partial charge is 0.477 e. The number of nitrogens with zero attached hydrogens (tertiary/aromatic N) is 1. The second-order valence-corrected chi connectivity index (χ2v) is 2.70. The normalized spacial score (nSPS) is 10.6. The zero-order valence-electron chi connectivity index (χ0n) is 7.29. The predicted molar refractivity (Wildman–Crippen MR) is 45.3 cm³/mol. The Hall–Kier alpha value is -1.72. The highest BCUT2D eigenvalue weighted by molar-refractivity contribution is 5.86. The zero-order chi connectivity index (χ0) is 10.9. The molecule has 0 spiro atoms. The van der Waals surface area contributed by atoms with E-state index in [9.17, 15) is 13.6 Å². The van der Waals surface area contributed by atoms with Crippen molar-refractivity contribution in [2.75, 3.05) is 5.73 Å². The Morgan fingerprint density at radius 3 is 2.57 bits per heavy atom. The van der Waals surface area contributed by atoms with E-state index in [0.29, 0.717) is 0 Å². The van der Waals surface area contributed by atoms with Crippen LogP contribution in [0.5, 0.6) is 0 Å². The molecular weight excluding hydrogens is 194 g/mol. The van der Waals surface area contributed by atoms with Gasteiger partial charge in [0.1, 0.15) is 0 Å². The van der Waals surface area contributed by atoms with Crippen molar-refractivity contribution in [3.8, 4) is 0 Å². The highest BCUT2D eigenvalue weighted by Crippen LogP contribution is 2.27. The van der Waals surface area contributed by atoms with Gasteiger partial charge < -0.3 is 10.8 Å². The van der Waals surface area contributed by atoms with Gasteiger partial charge in [0.15, 0.2) is 5.69 Å². The summed E-state index contributed by atoms with van der Waals surface area (Å²) in [5.74, 6) is -1.29. The number of carbonyl (C=O) groups is 1. The van der Waals surface area contributed by atoms with Gasteiger partial charge in [-0.2, -0.15) is 0 Å². The van der Waals surface area contributed by atoms with Gasteiger partial charge in [0, 0.05) is 11.4 Å². The monoisotopic (exact) mass is 202 g/mol. The van der Waals surface area contributed by atoms with E-state index in [1.165, 1.54) is 6.92 Å². The van der Waals surface area contributed by atoms with Gasteiger partial charge in [0.2, 0.25) is 0 Å². The van der Waals surface area contributed by atoms with Crippen LogP contribution >= 0.6 is 0 Å². The number of anilines is 1. The van der Waals surface area contributed by atoms with E-state index in [2.05, 4.69) is 4.98 Å². The fourth-order valence-electron chi connectivity index (χ4n) is 1.10. The Kier molecular flexibility index (Phi) is 2.64. The van der Waals surface area contributed by atoms with Crippen LogP contribution in [0.3, 0.4) is 0 Å². The minimum absolute atomic E-state index is 0.0580. The number of nitrogen functional groups attached to an aromatic ring is 1. The third-order valence-electron chi connectivity index (χ3n) is 1.72. The zero-order valence-corrected chi connectivity index (χ0v) is 7.29. The summed E-state index contributed by atoms with van der Waals surface area (Å²) < 4.78 is 24.7. The van der Waals surface area contributed by atoms with Crippen LogP contribution in [-0.4, -0.2) is 16.1 Å². The van der Waals surface area contributed by atoms with Crippen LogP contribution in [0.1, 0.15) is 28.2 Å². The lowest BCUT2D eigenvalue weighted by Crippen LogP contribution is -2.07. The molecule has 76 valence electrons. The summed E-state index contributed by atoms with van der Waals surface area (Å²) in [5.41, 5.74) is 4.24. The fraction of sp³-hybridized carbons (Fsp3) is 0.250. The van der Waals surface area contributed by atoms with Crippen LogP contribution in [0, 0.1) is 6.92 Å². The number of carboxylic acid groups (broad SMARTS) is 1. The maximum Gasteiger partial charge on any atom is 0.354 e. The molecule has 0 atom stereocenters. The first-order valence-electron chi connectivity index (χ1n) is 3.72. The van der Waals surface area contributed by atoms with Gasteiger partial charge in [-0.15, -0.1) is 0 Å². The molecule has 4 nitrogen and oxygen atoms in total. The lowest BCUT2D eigenvalue weighted by atomic mass is 10.1. The van der Waals surface area contributed by atoms with Crippen LogP contribution in [0.15, 0.2) is 6.07 Å². The first-order valence-corrected chi connectivity index (χ1v) is 3.72. The van der Waals surface area contributed by atoms with E-state index in [-0.39, 0.29) is 17.1 Å². The molecule has 0 saturated carbocycles. The number of nitrogens with two attached hydrogens (primary N) is 1. The van der Waals surface area contributed by atoms with Gasteiger partial charge in [0.05, 0.1) is 5.56 Å². The molecule has 0 radical (unpaired) electrons. The molecular formula is C8H8F2N2O2. The first-order chi connectivity index (χ1) is 6.43. The van der Waals surface area contributed by atoms with Crippen molar-refractivity contribution < 1.29 is 18.7 Å². The number of hydrogen-bond donors (Lipinski definition) is 2. The Balaban J connectivity index is 3.32. The molecule has 0 aliphatic rings. The molecule has 0 fully saturated rings. The summed E-state index contributed by atoms with van der Waals surface area (Å²) in [5, 5.41) is 8.56. The molecule has 0 aromatic carbocycles. The number of hydrogen-bond acceptors (Lipinski definition) is 3. The summed E-state index contributed by atoms with van der Waals surface area (Å²) in [6.07, 6.45) is -2.75. The number of pyridine rings is 1. The number of rotatable bonds is 2. The van der Waals surface area contributed by atoms with Crippen molar-refractivity contribution in [3.05, 3.63) is 23.0 Å². The molecule has 3 N–H and O–H groups in total. The van der Waals surface area contributed by atoms with Crippen molar-refractivity contribution in [3.63, 3.8) is 0 Å². The van der Waals surface area contributed by atoms with Crippen molar-refractivity contribution in [1.82, 2.24) is 4.98 Å². The van der Waals surface area contributed by atoms with Gasteiger partial charge >= 0.3 is 5.97 Å². The Morgan fingerprint density at radius 2 is 2.21 bits per heavy atom. The quantitative estimate of drug-likeness (QED) is 0.763. The molecule has 0 aliphatic heterocycles. The third-order valence-corrected chi connectivity index (χ3v) is 1.72. The van der Waals surface area contributed by atoms with E-state index in [1.807, 2.05) is 0 Å². The number of alkyl halides is 2. The third kappa shape index (κ3) is 1.78. The van der Waals surface area contributed by atoms with Crippen molar-refractivity contribution >= 4 is 11.7 Å². The summed E-state index contributed by atoms with van der Waals surface area (Å²) in [4.78, 5) is 14.0. The van der Waals surface area contributed by atoms with Crippen LogP contribution in [-0.2, 0) is 0 Å². The molecule has 0 amide bonds. The lowest BCUT2D eigenvalue weighted by Gasteiger charge is -2.08. The number of aromatic nitrogens is 1. The summed E-state index contributed by atoms with van der Waals surface area (Å²) >= 11 is 0. The van der Waals surface area contributed by atoms with Gasteiger partial charge in [-0.05, 0) is 13.0 Å². The van der Waals surface area contributed by atoms with Gasteiger partial charge in [-0.1, -0.05) is 0 Å². The lowest BCUT2D eigenvalue weighted by molar-refractivity contribution is 0.0689. The van der Waals surface area contributed by atoms with Crippen molar-refractivity contribution in [1.29, 1.82) is 0 Å². The number of carboxylic acids is 1. The molecule has 1 heterocycles. The SMILES string of the molecule is Cc1nc(C(=O)O)cc(N)c1C(F)F. The second-order valence-electron chi connectivity index (χ2n) is 2.70. The molecule has 0 unspecified atom stereocenters. The fourth-order valence-corrected chi connectivity index (χ4v) is 1.10. The predicted octanol–water partition coefficient (Wildman–Crippen LogP) is 1.61. The minimum atomic E-state index is -2.75. The molecule has 0 bridgehead atoms. The van der Waals surface area contributed by atoms with E-state index in [1.54, 1.807) is 0 Å². The highest BCUT2D eigenvalue weighted by atomic mass is 19.3. The van der Waals surface area contributed by atoms with Crippen molar-refractivity contribution in [2.24, 2.45) is 0 Å². The number of aromatic carboxylic acids is 1. The second kappa shape index (κ2) is 3.57. The van der Waals surface area contributed by atoms with Gasteiger partial charge in [0.25, 0.3) is 6.43 Å². The molecule has 6 heteroatoms. The minimum Gasteiger partial charge on any atom is -0.477 e. The standard InChI is InChI=1S/C8H8F2N2O2/c1-3-6(7(9)10)4(11)2-5(12-3)8(13)14/h2,7H,1H3,(H2,11,12)(H,13,14). The van der Waals surface area contributed by atoms with Gasteiger partial charge in [-0.25, -0.2) is 18.6 Å². The van der Waals surface area contributed by atoms with E-state index < -0.39 is 18.0 Å². The molecule has 0 aliphatic carbocycles. The molecule has 0 saturated heterocycles. The van der Waals surface area contributed by atoms with E-state index in [0.717, 1.165) is 6.07 Å². The van der Waals surface area contributed by atoms with Crippen LogP contribution in [0.25, 0.3) is 0 Å². The average Bonchev–Trinajstić information content (AvgIpc) is 2.01. The van der Waals surface area contributed by atoms with E-state index >= 15 is 0 Å². The highest BCUT2D eigenvalue weighted by Gasteiger charge is 2.18. The van der Waals surface area contributed by atoms with Crippen LogP contribution in [0.4, 0.5) is 14.5 Å². The smallest absolute Gasteiger partial charge is 0.354 e. The molecule has 1 aromatic rings. The van der Waals surface area contributed by atoms with Gasteiger partial charge in [-0.3, -0.25) is 0 Å². The first kappa shape index (κ1) is 10.4. The molecule has 1 aromatic heterocycles. The summed E-state index contributed by atoms with van der Waals surface area (Å²) in [6, 6.07) is 0.927. The summed E-state index contributed by atoms with van der Waals surface area (Å²) in [7, 11) is 0. The van der Waals surface area contributed by atoms with Crippen LogP contribution < -0.4 is 5.73 Å². The molecule has 1 rings (SSSR count). The summed E-state index contributed by atoms with van der Waals surface area (Å²) in [6.45, 7) is 1.30. The average molecular weight is 202 g/mol. The Morgan fingerprint density at radius 1 is 1.64 bits per heavy atom. The Bertz CT molecular complexity index is 357. The van der Waals surface area contributed by atoms with E-state index in [4.69, 9.17) is 10.8 Å².